The Bertz CT molecular complexity index is 515. The van der Waals surface area contributed by atoms with Crippen LogP contribution in [-0.2, 0) is 6.42 Å². The maximum absolute atomic E-state index is 10.1. The average molecular weight is 226 g/mol. The summed E-state index contributed by atoms with van der Waals surface area (Å²) in [6.45, 7) is 4.21. The third kappa shape index (κ3) is 2.68. The standard InChI is InChI=1S/C16H18O/c1-3-5-13-8-9-15(16(17)11-13)14-7-4-6-12(2)10-14/h4,6-11,17H,3,5H2,1-2H3. The highest BCUT2D eigenvalue weighted by molar-refractivity contribution is 5.71. The largest absolute Gasteiger partial charge is 0.507 e. The molecule has 0 atom stereocenters. The van der Waals surface area contributed by atoms with Gasteiger partial charge in [0, 0.05) is 5.56 Å². The summed E-state index contributed by atoms with van der Waals surface area (Å²) in [5.41, 5.74) is 4.39. The highest BCUT2D eigenvalue weighted by atomic mass is 16.3. The number of phenolic OH excluding ortho intramolecular Hbond substituents is 1. The van der Waals surface area contributed by atoms with Crippen molar-refractivity contribution in [2.45, 2.75) is 26.7 Å². The number of benzene rings is 2. The molecular weight excluding hydrogens is 208 g/mol. The van der Waals surface area contributed by atoms with Gasteiger partial charge in [-0.2, -0.15) is 0 Å². The van der Waals surface area contributed by atoms with Crippen molar-refractivity contribution in [3.05, 3.63) is 53.6 Å². The minimum Gasteiger partial charge on any atom is -0.507 e. The first kappa shape index (κ1) is 11.7. The maximum Gasteiger partial charge on any atom is 0.123 e. The highest BCUT2D eigenvalue weighted by Gasteiger charge is 2.05. The van der Waals surface area contributed by atoms with E-state index in [0.717, 1.165) is 24.0 Å². The monoisotopic (exact) mass is 226 g/mol. The van der Waals surface area contributed by atoms with Gasteiger partial charge in [0.25, 0.3) is 0 Å². The summed E-state index contributed by atoms with van der Waals surface area (Å²) in [4.78, 5) is 0. The van der Waals surface area contributed by atoms with Crippen LogP contribution in [0.25, 0.3) is 11.1 Å². The Kier molecular flexibility index (Phi) is 3.48. The summed E-state index contributed by atoms with van der Waals surface area (Å²) >= 11 is 0. The van der Waals surface area contributed by atoms with Crippen molar-refractivity contribution in [3.8, 4) is 16.9 Å². The average Bonchev–Trinajstić information content (AvgIpc) is 2.29. The minimum absolute atomic E-state index is 0.376. The topological polar surface area (TPSA) is 20.2 Å². The van der Waals surface area contributed by atoms with E-state index in [4.69, 9.17) is 0 Å². The van der Waals surface area contributed by atoms with Gasteiger partial charge in [-0.3, -0.25) is 0 Å². The molecule has 1 heteroatoms. The molecule has 0 aliphatic heterocycles. The first-order chi connectivity index (χ1) is 8.20. The van der Waals surface area contributed by atoms with Gasteiger partial charge in [0.1, 0.15) is 5.75 Å². The summed E-state index contributed by atoms with van der Waals surface area (Å²) in [5, 5.41) is 10.1. The zero-order valence-electron chi connectivity index (χ0n) is 10.4. The van der Waals surface area contributed by atoms with Crippen LogP contribution in [0.15, 0.2) is 42.5 Å². The third-order valence-electron chi connectivity index (χ3n) is 2.93. The van der Waals surface area contributed by atoms with Crippen molar-refractivity contribution < 1.29 is 5.11 Å². The molecule has 1 nitrogen and oxygen atoms in total. The summed E-state index contributed by atoms with van der Waals surface area (Å²) in [6, 6.07) is 14.2. The molecule has 0 heterocycles. The van der Waals surface area contributed by atoms with Gasteiger partial charge in [0.05, 0.1) is 0 Å². The lowest BCUT2D eigenvalue weighted by molar-refractivity contribution is 0.476. The van der Waals surface area contributed by atoms with Crippen LogP contribution in [0.2, 0.25) is 0 Å². The first-order valence-electron chi connectivity index (χ1n) is 6.09. The molecule has 0 fully saturated rings. The fourth-order valence-corrected chi connectivity index (χ4v) is 2.08. The quantitative estimate of drug-likeness (QED) is 0.826. The van der Waals surface area contributed by atoms with Crippen molar-refractivity contribution in [2.24, 2.45) is 0 Å². The molecule has 0 spiro atoms. The molecule has 0 unspecified atom stereocenters. The van der Waals surface area contributed by atoms with E-state index in [0.29, 0.717) is 5.75 Å². The fourth-order valence-electron chi connectivity index (χ4n) is 2.08. The van der Waals surface area contributed by atoms with Crippen LogP contribution >= 0.6 is 0 Å². The van der Waals surface area contributed by atoms with Crippen LogP contribution < -0.4 is 0 Å². The van der Waals surface area contributed by atoms with Crippen molar-refractivity contribution in [1.29, 1.82) is 0 Å². The first-order valence-corrected chi connectivity index (χ1v) is 6.09. The van der Waals surface area contributed by atoms with Crippen LogP contribution in [0.1, 0.15) is 24.5 Å². The summed E-state index contributed by atoms with van der Waals surface area (Å²) in [7, 11) is 0. The van der Waals surface area contributed by atoms with E-state index in [1.165, 1.54) is 11.1 Å². The summed E-state index contributed by atoms with van der Waals surface area (Å²) in [5.74, 6) is 0.376. The molecule has 1 N–H and O–H groups in total. The third-order valence-corrected chi connectivity index (χ3v) is 2.93. The molecule has 2 aromatic carbocycles. The number of aromatic hydroxyl groups is 1. The van der Waals surface area contributed by atoms with Crippen LogP contribution in [0.3, 0.4) is 0 Å². The fraction of sp³-hybridized carbons (Fsp3) is 0.250. The van der Waals surface area contributed by atoms with Crippen LogP contribution in [-0.4, -0.2) is 5.11 Å². The Morgan fingerprint density at radius 3 is 2.53 bits per heavy atom. The Balaban J connectivity index is 2.39. The lowest BCUT2D eigenvalue weighted by Gasteiger charge is -2.08. The predicted molar refractivity (Wildman–Crippen MR) is 72.3 cm³/mol. The van der Waals surface area contributed by atoms with Gasteiger partial charge < -0.3 is 5.11 Å². The van der Waals surface area contributed by atoms with Gasteiger partial charge in [-0.25, -0.2) is 0 Å². The van der Waals surface area contributed by atoms with Crippen molar-refractivity contribution in [1.82, 2.24) is 0 Å². The van der Waals surface area contributed by atoms with E-state index < -0.39 is 0 Å². The lowest BCUT2D eigenvalue weighted by Crippen LogP contribution is -1.85. The molecule has 0 radical (unpaired) electrons. The van der Waals surface area contributed by atoms with E-state index in [9.17, 15) is 5.11 Å². The summed E-state index contributed by atoms with van der Waals surface area (Å²) in [6.07, 6.45) is 2.12. The normalized spacial score (nSPS) is 10.5. The molecule has 0 saturated carbocycles. The second-order valence-electron chi connectivity index (χ2n) is 4.47. The summed E-state index contributed by atoms with van der Waals surface area (Å²) < 4.78 is 0. The zero-order chi connectivity index (χ0) is 12.3. The number of hydrogen-bond donors (Lipinski definition) is 1. The van der Waals surface area contributed by atoms with Gasteiger partial charge in [-0.15, -0.1) is 0 Å². The van der Waals surface area contributed by atoms with E-state index in [-0.39, 0.29) is 0 Å². The molecule has 0 bridgehead atoms. The van der Waals surface area contributed by atoms with Crippen molar-refractivity contribution >= 4 is 0 Å². The Morgan fingerprint density at radius 2 is 1.88 bits per heavy atom. The molecule has 17 heavy (non-hydrogen) atoms. The zero-order valence-corrected chi connectivity index (χ0v) is 10.4. The number of hydrogen-bond acceptors (Lipinski definition) is 1. The lowest BCUT2D eigenvalue weighted by atomic mass is 10.00. The van der Waals surface area contributed by atoms with Gasteiger partial charge in [0.2, 0.25) is 0 Å². The molecular formula is C16H18O. The van der Waals surface area contributed by atoms with Gasteiger partial charge in [0.15, 0.2) is 0 Å². The maximum atomic E-state index is 10.1. The molecule has 0 aliphatic carbocycles. The van der Waals surface area contributed by atoms with Crippen LogP contribution in [0.5, 0.6) is 5.75 Å². The molecule has 88 valence electrons. The number of rotatable bonds is 3. The second-order valence-corrected chi connectivity index (χ2v) is 4.47. The van der Waals surface area contributed by atoms with E-state index in [2.05, 4.69) is 32.0 Å². The molecule has 0 saturated heterocycles. The second kappa shape index (κ2) is 5.05. The Labute approximate surface area is 103 Å². The molecule has 0 amide bonds. The molecule has 0 aliphatic rings. The smallest absolute Gasteiger partial charge is 0.123 e. The number of aryl methyl sites for hydroxylation is 2. The Morgan fingerprint density at radius 1 is 1.06 bits per heavy atom. The van der Waals surface area contributed by atoms with Gasteiger partial charge >= 0.3 is 0 Å². The predicted octanol–water partition coefficient (Wildman–Crippen LogP) is 4.32. The van der Waals surface area contributed by atoms with Crippen molar-refractivity contribution in [2.75, 3.05) is 0 Å². The number of phenols is 1. The van der Waals surface area contributed by atoms with E-state index in [1.54, 1.807) is 0 Å². The molecule has 2 rings (SSSR count). The van der Waals surface area contributed by atoms with Gasteiger partial charge in [-0.05, 0) is 30.5 Å². The minimum atomic E-state index is 0.376. The Hall–Kier alpha value is -1.76. The van der Waals surface area contributed by atoms with E-state index in [1.807, 2.05) is 24.3 Å². The van der Waals surface area contributed by atoms with Crippen molar-refractivity contribution in [3.63, 3.8) is 0 Å². The van der Waals surface area contributed by atoms with E-state index >= 15 is 0 Å². The molecule has 0 aromatic heterocycles. The van der Waals surface area contributed by atoms with Crippen LogP contribution in [0, 0.1) is 6.92 Å². The molecule has 2 aromatic rings. The SMILES string of the molecule is CCCc1ccc(-c2cccc(C)c2)c(O)c1. The van der Waals surface area contributed by atoms with Gasteiger partial charge in [-0.1, -0.05) is 55.3 Å². The van der Waals surface area contributed by atoms with Crippen LogP contribution in [0.4, 0.5) is 0 Å². The highest BCUT2D eigenvalue weighted by Crippen LogP contribution is 2.30.